The van der Waals surface area contributed by atoms with Crippen molar-refractivity contribution in [3.05, 3.63) is 61.7 Å². The maximum atomic E-state index is 14.7. The number of pyridine rings is 2. The first kappa shape index (κ1) is 19.8. The topological polar surface area (TPSA) is 72.2 Å². The lowest BCUT2D eigenvalue weighted by atomic mass is 9.76. The van der Waals surface area contributed by atoms with Crippen LogP contribution in [0.15, 0.2) is 16.9 Å². The number of aromatic nitrogens is 2. The fourth-order valence-corrected chi connectivity index (χ4v) is 6.17. The number of ketones is 1. The number of fused-ring (bicyclic) bond motifs is 5. The van der Waals surface area contributed by atoms with Crippen LogP contribution in [0.1, 0.15) is 72.4 Å². The molecule has 0 amide bonds. The van der Waals surface area contributed by atoms with Crippen molar-refractivity contribution in [2.24, 2.45) is 0 Å². The Morgan fingerprint density at radius 1 is 1.19 bits per heavy atom. The molecule has 3 heterocycles. The van der Waals surface area contributed by atoms with Gasteiger partial charge in [-0.15, -0.1) is 0 Å². The molecule has 0 radical (unpaired) electrons. The summed E-state index contributed by atoms with van der Waals surface area (Å²) < 4.78 is 16.4. The van der Waals surface area contributed by atoms with Gasteiger partial charge in [0.2, 0.25) is 0 Å². The van der Waals surface area contributed by atoms with Gasteiger partial charge in [0, 0.05) is 34.6 Å². The highest BCUT2D eigenvalue weighted by Crippen LogP contribution is 2.46. The van der Waals surface area contributed by atoms with Crippen molar-refractivity contribution in [3.63, 3.8) is 0 Å². The Kier molecular flexibility index (Phi) is 3.93. The Balaban J connectivity index is 1.70. The van der Waals surface area contributed by atoms with Gasteiger partial charge in [-0.2, -0.15) is 0 Å². The zero-order valence-corrected chi connectivity index (χ0v) is 18.5. The van der Waals surface area contributed by atoms with Crippen molar-refractivity contribution in [1.82, 2.24) is 9.55 Å². The standard InChI is InChI=1S/C26H25FN2O3/c1-4-26(32)17-9-20-24-16(11-29(20)25(31)15(17)7-8-21(26)30)22-12(2)5-6-14-13(3)18(27)10-19(28-24)23(14)22/h9-10,12,32H,4-8,11H2,1-3H3/t12-,26-/m0/s1. The molecule has 6 heteroatoms. The summed E-state index contributed by atoms with van der Waals surface area (Å²) in [5.41, 5.74) is 4.94. The van der Waals surface area contributed by atoms with E-state index >= 15 is 0 Å². The molecular formula is C26H25FN2O3. The average molecular weight is 432 g/mol. The fraction of sp³-hybridized carbons (Fsp3) is 0.423. The lowest BCUT2D eigenvalue weighted by molar-refractivity contribution is -0.140. The van der Waals surface area contributed by atoms with E-state index in [1.54, 1.807) is 17.6 Å². The molecule has 3 aromatic rings. The van der Waals surface area contributed by atoms with Crippen molar-refractivity contribution in [2.45, 2.75) is 70.9 Å². The maximum absolute atomic E-state index is 14.7. The molecule has 32 heavy (non-hydrogen) atoms. The second-order valence-corrected chi connectivity index (χ2v) is 9.60. The number of halogens is 1. The summed E-state index contributed by atoms with van der Waals surface area (Å²) in [6.07, 6.45) is 2.48. The molecule has 0 saturated carbocycles. The fourth-order valence-electron chi connectivity index (χ4n) is 6.17. The summed E-state index contributed by atoms with van der Waals surface area (Å²) in [6.45, 7) is 6.19. The third kappa shape index (κ3) is 2.28. The number of aryl methyl sites for hydroxylation is 1. The molecule has 0 spiro atoms. The van der Waals surface area contributed by atoms with Crippen LogP contribution in [-0.2, 0) is 29.8 Å². The van der Waals surface area contributed by atoms with Gasteiger partial charge in [-0.25, -0.2) is 9.37 Å². The average Bonchev–Trinajstić information content (AvgIpc) is 3.14. The zero-order valence-electron chi connectivity index (χ0n) is 18.5. The van der Waals surface area contributed by atoms with E-state index in [0.29, 0.717) is 46.6 Å². The van der Waals surface area contributed by atoms with Crippen molar-refractivity contribution >= 4 is 16.7 Å². The highest BCUT2D eigenvalue weighted by molar-refractivity contribution is 5.94. The molecule has 1 N–H and O–H groups in total. The van der Waals surface area contributed by atoms with Gasteiger partial charge in [-0.1, -0.05) is 13.8 Å². The lowest BCUT2D eigenvalue weighted by Crippen LogP contribution is -2.43. The molecular weight excluding hydrogens is 407 g/mol. The highest BCUT2D eigenvalue weighted by Gasteiger charge is 2.43. The van der Waals surface area contributed by atoms with Gasteiger partial charge >= 0.3 is 0 Å². The van der Waals surface area contributed by atoms with Gasteiger partial charge in [0.05, 0.1) is 23.4 Å². The molecule has 2 aromatic heterocycles. The molecule has 0 saturated heterocycles. The Labute approximate surface area is 184 Å². The largest absolute Gasteiger partial charge is 0.377 e. The number of carbonyl (C=O) groups is 1. The SMILES string of the molecule is CC[C@@]1(O)C(=O)CCc2c1cc1n(c2=O)Cc2c-1nc1cc(F)c(C)c3c1c2[C@@H](C)CC3. The van der Waals surface area contributed by atoms with Crippen molar-refractivity contribution in [1.29, 1.82) is 0 Å². The van der Waals surface area contributed by atoms with Crippen LogP contribution in [-0.4, -0.2) is 20.4 Å². The third-order valence-corrected chi connectivity index (χ3v) is 8.04. The van der Waals surface area contributed by atoms with E-state index < -0.39 is 5.60 Å². The molecule has 2 atom stereocenters. The first-order valence-corrected chi connectivity index (χ1v) is 11.4. The van der Waals surface area contributed by atoms with Gasteiger partial charge in [0.25, 0.3) is 5.56 Å². The summed E-state index contributed by atoms with van der Waals surface area (Å²) in [7, 11) is 0. The van der Waals surface area contributed by atoms with E-state index in [-0.39, 0.29) is 35.9 Å². The van der Waals surface area contributed by atoms with Crippen LogP contribution in [0, 0.1) is 12.7 Å². The molecule has 2 aliphatic carbocycles. The molecule has 1 aliphatic heterocycles. The first-order chi connectivity index (χ1) is 15.3. The maximum Gasteiger partial charge on any atom is 0.254 e. The van der Waals surface area contributed by atoms with E-state index in [2.05, 4.69) is 6.92 Å². The number of benzene rings is 1. The number of hydrogen-bond donors (Lipinski definition) is 1. The van der Waals surface area contributed by atoms with Crippen molar-refractivity contribution in [2.75, 3.05) is 0 Å². The predicted molar refractivity (Wildman–Crippen MR) is 119 cm³/mol. The zero-order chi connectivity index (χ0) is 22.5. The number of rotatable bonds is 1. The van der Waals surface area contributed by atoms with Crippen LogP contribution < -0.4 is 5.56 Å². The number of aliphatic hydroxyl groups is 1. The summed E-state index contributed by atoms with van der Waals surface area (Å²) >= 11 is 0. The Morgan fingerprint density at radius 2 is 1.97 bits per heavy atom. The monoisotopic (exact) mass is 432 g/mol. The molecule has 3 aliphatic rings. The van der Waals surface area contributed by atoms with Crippen molar-refractivity contribution < 1.29 is 14.3 Å². The second kappa shape index (κ2) is 6.35. The third-order valence-electron chi connectivity index (χ3n) is 8.04. The van der Waals surface area contributed by atoms with Gasteiger partial charge in [0.15, 0.2) is 5.78 Å². The van der Waals surface area contributed by atoms with Gasteiger partial charge < -0.3 is 9.67 Å². The van der Waals surface area contributed by atoms with Crippen LogP contribution in [0.3, 0.4) is 0 Å². The Hall–Kier alpha value is -2.86. The number of hydrogen-bond acceptors (Lipinski definition) is 4. The van der Waals surface area contributed by atoms with Gasteiger partial charge in [0.1, 0.15) is 11.4 Å². The van der Waals surface area contributed by atoms with Gasteiger partial charge in [-0.05, 0) is 61.3 Å². The molecule has 164 valence electrons. The van der Waals surface area contributed by atoms with E-state index in [1.165, 1.54) is 6.07 Å². The minimum Gasteiger partial charge on any atom is -0.377 e. The van der Waals surface area contributed by atoms with Gasteiger partial charge in [-0.3, -0.25) is 9.59 Å². The van der Waals surface area contributed by atoms with Crippen LogP contribution in [0.4, 0.5) is 4.39 Å². The van der Waals surface area contributed by atoms with Crippen molar-refractivity contribution in [3.8, 4) is 11.4 Å². The van der Waals surface area contributed by atoms with Crippen LogP contribution in [0.25, 0.3) is 22.3 Å². The molecule has 0 unspecified atom stereocenters. The van der Waals surface area contributed by atoms with Crippen LogP contribution in [0.2, 0.25) is 0 Å². The summed E-state index contributed by atoms with van der Waals surface area (Å²) in [5, 5.41) is 12.2. The van der Waals surface area contributed by atoms with E-state index in [9.17, 15) is 19.1 Å². The van der Waals surface area contributed by atoms with E-state index in [4.69, 9.17) is 4.98 Å². The summed E-state index contributed by atoms with van der Waals surface area (Å²) in [4.78, 5) is 30.9. The minimum absolute atomic E-state index is 0.155. The Morgan fingerprint density at radius 3 is 2.72 bits per heavy atom. The highest BCUT2D eigenvalue weighted by atomic mass is 19.1. The summed E-state index contributed by atoms with van der Waals surface area (Å²) in [6, 6.07) is 3.29. The Bertz CT molecular complexity index is 1440. The first-order valence-electron chi connectivity index (χ1n) is 11.4. The number of Topliss-reactive ketones (excluding diaryl/α,β-unsaturated/α-hetero) is 1. The van der Waals surface area contributed by atoms with E-state index in [0.717, 1.165) is 34.9 Å². The van der Waals surface area contributed by atoms with Crippen LogP contribution in [0.5, 0.6) is 0 Å². The molecule has 6 rings (SSSR count). The normalized spacial score (nSPS) is 23.3. The van der Waals surface area contributed by atoms with Crippen LogP contribution >= 0.6 is 0 Å². The number of nitrogens with zero attached hydrogens (tertiary/aromatic N) is 2. The quantitative estimate of drug-likeness (QED) is 0.493. The molecule has 0 bridgehead atoms. The molecule has 0 fully saturated rings. The smallest absolute Gasteiger partial charge is 0.254 e. The lowest BCUT2D eigenvalue weighted by Gasteiger charge is -2.32. The predicted octanol–water partition coefficient (Wildman–Crippen LogP) is 4.04. The molecule has 1 aromatic carbocycles. The molecule has 5 nitrogen and oxygen atoms in total. The minimum atomic E-state index is -1.64. The number of carbonyl (C=O) groups excluding carboxylic acids is 1. The second-order valence-electron chi connectivity index (χ2n) is 9.60. The van der Waals surface area contributed by atoms with E-state index in [1.807, 2.05) is 6.92 Å². The summed E-state index contributed by atoms with van der Waals surface area (Å²) in [5.74, 6) is -0.222.